The first kappa shape index (κ1) is 17.2. The molecule has 4 rings (SSSR count). The van der Waals surface area contributed by atoms with Crippen LogP contribution in [0.2, 0.25) is 0 Å². The summed E-state index contributed by atoms with van der Waals surface area (Å²) in [6.07, 6.45) is 0. The zero-order chi connectivity index (χ0) is 18.6. The highest BCUT2D eigenvalue weighted by atomic mass is 79.9. The first-order valence-electron chi connectivity index (χ1n) is 8.18. The predicted octanol–water partition coefficient (Wildman–Crippen LogP) is 4.67. The number of rotatable bonds is 5. The highest BCUT2D eigenvalue weighted by molar-refractivity contribution is 9.10. The maximum atomic E-state index is 12.1. The first-order chi connectivity index (χ1) is 13.2. The third kappa shape index (κ3) is 4.15. The Morgan fingerprint density at radius 1 is 1.00 bits per heavy atom. The van der Waals surface area contributed by atoms with Crippen LogP contribution < -0.4 is 10.1 Å². The van der Waals surface area contributed by atoms with Crippen molar-refractivity contribution in [2.24, 2.45) is 0 Å². The van der Waals surface area contributed by atoms with E-state index in [4.69, 9.17) is 9.15 Å². The Labute approximate surface area is 163 Å². The molecule has 1 amide bonds. The number of nitrogens with one attached hydrogen (secondary N) is 1. The highest BCUT2D eigenvalue weighted by Gasteiger charge is 2.12. The molecule has 0 spiro atoms. The molecule has 3 aromatic carbocycles. The van der Waals surface area contributed by atoms with Crippen molar-refractivity contribution in [3.8, 4) is 17.2 Å². The second kappa shape index (κ2) is 7.59. The van der Waals surface area contributed by atoms with E-state index in [2.05, 4.69) is 31.4 Å². The highest BCUT2D eigenvalue weighted by Crippen LogP contribution is 2.23. The van der Waals surface area contributed by atoms with Crippen molar-refractivity contribution in [2.45, 2.75) is 0 Å². The molecule has 134 valence electrons. The molecule has 0 saturated heterocycles. The van der Waals surface area contributed by atoms with Gasteiger partial charge in [0.15, 0.2) is 6.61 Å². The molecule has 6 nitrogen and oxygen atoms in total. The minimum atomic E-state index is -0.382. The van der Waals surface area contributed by atoms with E-state index in [-0.39, 0.29) is 18.5 Å². The van der Waals surface area contributed by atoms with Crippen molar-refractivity contribution in [1.82, 2.24) is 10.2 Å². The smallest absolute Gasteiger partial charge is 0.322 e. The Hall–Kier alpha value is -3.19. The molecule has 0 aliphatic carbocycles. The molecule has 0 fully saturated rings. The van der Waals surface area contributed by atoms with Gasteiger partial charge in [0.05, 0.1) is 0 Å². The lowest BCUT2D eigenvalue weighted by molar-refractivity contribution is -0.118. The minimum Gasteiger partial charge on any atom is -0.484 e. The minimum absolute atomic E-state index is 0.0251. The predicted molar refractivity (Wildman–Crippen MR) is 106 cm³/mol. The van der Waals surface area contributed by atoms with Gasteiger partial charge < -0.3 is 9.15 Å². The first-order valence-corrected chi connectivity index (χ1v) is 8.97. The van der Waals surface area contributed by atoms with Gasteiger partial charge in [-0.05, 0) is 41.1 Å². The van der Waals surface area contributed by atoms with E-state index < -0.39 is 0 Å². The molecule has 0 bridgehead atoms. The molecule has 7 heteroatoms. The third-order valence-electron chi connectivity index (χ3n) is 3.83. The summed E-state index contributed by atoms with van der Waals surface area (Å²) in [6.45, 7) is -0.160. The molecule has 1 heterocycles. The van der Waals surface area contributed by atoms with Crippen molar-refractivity contribution in [3.63, 3.8) is 0 Å². The van der Waals surface area contributed by atoms with E-state index in [0.29, 0.717) is 11.6 Å². The third-order valence-corrected chi connectivity index (χ3v) is 4.33. The summed E-state index contributed by atoms with van der Waals surface area (Å²) in [5.41, 5.74) is 0.754. The molecule has 0 radical (unpaired) electrons. The Kier molecular flexibility index (Phi) is 4.84. The van der Waals surface area contributed by atoms with Gasteiger partial charge in [-0.3, -0.25) is 10.1 Å². The Morgan fingerprint density at radius 2 is 1.85 bits per heavy atom. The summed E-state index contributed by atoms with van der Waals surface area (Å²) < 4.78 is 11.9. The maximum absolute atomic E-state index is 12.1. The van der Waals surface area contributed by atoms with Crippen molar-refractivity contribution < 1.29 is 13.9 Å². The standard InChI is InChI=1S/C20H14BrN3O3/c21-16-7-3-6-15(10-16)19-23-24-20(27-19)22-18(25)12-26-17-9-8-13-4-1-2-5-14(13)11-17/h1-11H,12H2,(H,22,24,25). The largest absolute Gasteiger partial charge is 0.484 e. The van der Waals surface area contributed by atoms with Crippen LogP contribution in [0.5, 0.6) is 5.75 Å². The number of carbonyl (C=O) groups excluding carboxylic acids is 1. The summed E-state index contributed by atoms with van der Waals surface area (Å²) in [6, 6.07) is 21.1. The zero-order valence-electron chi connectivity index (χ0n) is 14.1. The number of carbonyl (C=O) groups is 1. The van der Waals surface area contributed by atoms with Gasteiger partial charge in [0, 0.05) is 10.0 Å². The SMILES string of the molecule is O=C(COc1ccc2ccccc2c1)Nc1nnc(-c2cccc(Br)c2)o1. The van der Waals surface area contributed by atoms with E-state index in [1.165, 1.54) is 0 Å². The molecule has 0 atom stereocenters. The fourth-order valence-corrected chi connectivity index (χ4v) is 2.97. The van der Waals surface area contributed by atoms with Crippen LogP contribution in [0, 0.1) is 0 Å². The van der Waals surface area contributed by atoms with Crippen molar-refractivity contribution in [1.29, 1.82) is 0 Å². The average Bonchev–Trinajstić information content (AvgIpc) is 3.15. The van der Waals surface area contributed by atoms with Crippen LogP contribution in [0.15, 0.2) is 75.6 Å². The summed E-state index contributed by atoms with van der Waals surface area (Å²) in [7, 11) is 0. The molecule has 27 heavy (non-hydrogen) atoms. The number of anilines is 1. The number of hydrogen-bond donors (Lipinski definition) is 1. The summed E-state index contributed by atoms with van der Waals surface area (Å²) >= 11 is 3.39. The Bertz CT molecular complexity index is 1110. The van der Waals surface area contributed by atoms with Crippen LogP contribution in [-0.2, 0) is 4.79 Å². The second-order valence-electron chi connectivity index (χ2n) is 5.77. The topological polar surface area (TPSA) is 77.2 Å². The van der Waals surface area contributed by atoms with Gasteiger partial charge in [-0.1, -0.05) is 57.4 Å². The monoisotopic (exact) mass is 423 g/mol. The Balaban J connectivity index is 1.38. The van der Waals surface area contributed by atoms with Crippen LogP contribution in [0.4, 0.5) is 6.01 Å². The quantitative estimate of drug-likeness (QED) is 0.504. The lowest BCUT2D eigenvalue weighted by Gasteiger charge is -2.06. The molecule has 0 unspecified atom stereocenters. The normalized spacial score (nSPS) is 10.7. The molecule has 1 N–H and O–H groups in total. The average molecular weight is 424 g/mol. The molecule has 1 aromatic heterocycles. The van der Waals surface area contributed by atoms with E-state index in [1.54, 1.807) is 0 Å². The number of halogens is 1. The molecular formula is C20H14BrN3O3. The number of nitrogens with zero attached hydrogens (tertiary/aromatic N) is 2. The van der Waals surface area contributed by atoms with Crippen LogP contribution in [0.1, 0.15) is 0 Å². The van der Waals surface area contributed by atoms with Crippen molar-refractivity contribution >= 4 is 38.6 Å². The number of benzene rings is 3. The summed E-state index contributed by atoms with van der Waals surface area (Å²) in [5, 5.41) is 12.5. The van der Waals surface area contributed by atoms with Gasteiger partial charge in [-0.15, -0.1) is 5.10 Å². The molecule has 4 aromatic rings. The zero-order valence-corrected chi connectivity index (χ0v) is 15.6. The van der Waals surface area contributed by atoms with E-state index in [0.717, 1.165) is 20.8 Å². The fourth-order valence-electron chi connectivity index (χ4n) is 2.57. The summed E-state index contributed by atoms with van der Waals surface area (Å²) in [4.78, 5) is 12.1. The second-order valence-corrected chi connectivity index (χ2v) is 6.68. The van der Waals surface area contributed by atoms with Crippen LogP contribution in [-0.4, -0.2) is 22.7 Å². The van der Waals surface area contributed by atoms with E-state index in [9.17, 15) is 4.79 Å². The fraction of sp³-hybridized carbons (Fsp3) is 0.0500. The van der Waals surface area contributed by atoms with Crippen LogP contribution in [0.25, 0.3) is 22.2 Å². The molecule has 0 aliphatic heterocycles. The van der Waals surface area contributed by atoms with Gasteiger partial charge in [0.2, 0.25) is 5.89 Å². The van der Waals surface area contributed by atoms with Crippen LogP contribution >= 0.6 is 15.9 Å². The molecule has 0 saturated carbocycles. The van der Waals surface area contributed by atoms with Gasteiger partial charge in [-0.2, -0.15) is 0 Å². The molecule has 0 aliphatic rings. The van der Waals surface area contributed by atoms with Crippen LogP contribution in [0.3, 0.4) is 0 Å². The number of amides is 1. The van der Waals surface area contributed by atoms with Crippen molar-refractivity contribution in [3.05, 3.63) is 71.2 Å². The van der Waals surface area contributed by atoms with Gasteiger partial charge in [0.25, 0.3) is 5.91 Å². The molecular weight excluding hydrogens is 410 g/mol. The number of aromatic nitrogens is 2. The number of hydrogen-bond acceptors (Lipinski definition) is 5. The lowest BCUT2D eigenvalue weighted by Crippen LogP contribution is -2.20. The number of fused-ring (bicyclic) bond motifs is 1. The van der Waals surface area contributed by atoms with E-state index in [1.807, 2.05) is 66.7 Å². The lowest BCUT2D eigenvalue weighted by atomic mass is 10.1. The number of ether oxygens (including phenoxy) is 1. The Morgan fingerprint density at radius 3 is 2.70 bits per heavy atom. The van der Waals surface area contributed by atoms with Gasteiger partial charge >= 0.3 is 6.01 Å². The van der Waals surface area contributed by atoms with E-state index >= 15 is 0 Å². The van der Waals surface area contributed by atoms with Crippen molar-refractivity contribution in [2.75, 3.05) is 11.9 Å². The van der Waals surface area contributed by atoms with Gasteiger partial charge in [0.1, 0.15) is 5.75 Å². The summed E-state index contributed by atoms with van der Waals surface area (Å²) in [5.74, 6) is 0.554. The maximum Gasteiger partial charge on any atom is 0.322 e. The van der Waals surface area contributed by atoms with Gasteiger partial charge in [-0.25, -0.2) is 0 Å².